The topological polar surface area (TPSA) is 66.4 Å². The molecule has 1 rings (SSSR count). The van der Waals surface area contributed by atoms with E-state index in [0.29, 0.717) is 17.9 Å². The van der Waals surface area contributed by atoms with Crippen LogP contribution in [0.4, 0.5) is 0 Å². The maximum Gasteiger partial charge on any atom is 0.326 e. The highest BCUT2D eigenvalue weighted by Crippen LogP contribution is 2.20. The zero-order valence-electron chi connectivity index (χ0n) is 11.0. The maximum absolute atomic E-state index is 11.7. The third-order valence-electron chi connectivity index (χ3n) is 2.56. The molecule has 1 atom stereocenters. The van der Waals surface area contributed by atoms with Gasteiger partial charge < -0.3 is 10.4 Å². The summed E-state index contributed by atoms with van der Waals surface area (Å²) in [6.45, 7) is 3.85. The molecule has 0 radical (unpaired) electrons. The third-order valence-corrected chi connectivity index (χ3v) is 3.90. The van der Waals surface area contributed by atoms with E-state index in [0.717, 1.165) is 4.88 Å². The summed E-state index contributed by atoms with van der Waals surface area (Å²) in [5.74, 6) is -1.00. The molecule has 1 amide bonds. The molecule has 106 valence electrons. The Balaban J connectivity index is 2.42. The van der Waals surface area contributed by atoms with Crippen LogP contribution in [0.2, 0.25) is 5.02 Å². The number of amides is 1. The number of hydrogen-bond donors (Lipinski definition) is 2. The minimum absolute atomic E-state index is 0.220. The van der Waals surface area contributed by atoms with E-state index in [1.54, 1.807) is 0 Å². The van der Waals surface area contributed by atoms with Crippen molar-refractivity contribution in [1.29, 1.82) is 0 Å². The second kappa shape index (κ2) is 7.50. The minimum atomic E-state index is -0.985. The number of carbonyl (C=O) groups excluding carboxylic acids is 1. The molecule has 0 aliphatic heterocycles. The van der Waals surface area contributed by atoms with E-state index < -0.39 is 12.0 Å². The molecule has 0 aliphatic carbocycles. The molecule has 0 saturated heterocycles. The number of carbonyl (C=O) groups is 2. The first-order chi connectivity index (χ1) is 8.88. The summed E-state index contributed by atoms with van der Waals surface area (Å²) in [5, 5.41) is 14.1. The second-order valence-electron chi connectivity index (χ2n) is 4.82. The molecule has 0 aliphatic rings. The van der Waals surface area contributed by atoms with Crippen LogP contribution in [0.5, 0.6) is 0 Å². The average molecular weight is 304 g/mol. The summed E-state index contributed by atoms with van der Waals surface area (Å²) >= 11 is 7.29. The Kier molecular flexibility index (Phi) is 6.31. The minimum Gasteiger partial charge on any atom is -0.480 e. The number of hydrogen-bond acceptors (Lipinski definition) is 3. The number of aryl methyl sites for hydroxylation is 1. The molecule has 1 aromatic heterocycles. The fourth-order valence-electron chi connectivity index (χ4n) is 1.68. The van der Waals surface area contributed by atoms with Gasteiger partial charge in [-0.05, 0) is 24.8 Å². The van der Waals surface area contributed by atoms with Gasteiger partial charge >= 0.3 is 5.97 Å². The molecule has 0 fully saturated rings. The summed E-state index contributed by atoms with van der Waals surface area (Å²) in [6.07, 6.45) is 1.29. The van der Waals surface area contributed by atoms with Gasteiger partial charge in [0.25, 0.3) is 0 Å². The van der Waals surface area contributed by atoms with Gasteiger partial charge in [0.2, 0.25) is 5.91 Å². The van der Waals surface area contributed by atoms with Crippen LogP contribution in [-0.4, -0.2) is 23.0 Å². The monoisotopic (exact) mass is 303 g/mol. The van der Waals surface area contributed by atoms with Gasteiger partial charge in [-0.15, -0.1) is 11.3 Å². The van der Waals surface area contributed by atoms with Crippen LogP contribution in [-0.2, 0) is 16.0 Å². The summed E-state index contributed by atoms with van der Waals surface area (Å²) in [6, 6.07) is 1.02. The third kappa shape index (κ3) is 6.07. The fourth-order valence-corrected chi connectivity index (χ4v) is 2.76. The van der Waals surface area contributed by atoms with Crippen molar-refractivity contribution in [3.05, 3.63) is 21.3 Å². The van der Waals surface area contributed by atoms with Crippen LogP contribution in [0.25, 0.3) is 0 Å². The normalized spacial score (nSPS) is 12.4. The first-order valence-electron chi connectivity index (χ1n) is 6.13. The highest BCUT2D eigenvalue weighted by molar-refractivity contribution is 7.10. The predicted molar refractivity (Wildman–Crippen MR) is 76.7 cm³/mol. The number of aliphatic carboxylic acids is 1. The van der Waals surface area contributed by atoms with Crippen LogP contribution in [0.1, 0.15) is 31.6 Å². The standard InChI is InChI=1S/C13H18ClNO3S/c1-8(2)5-11(13(17)18)15-12(16)4-3-10-6-9(14)7-19-10/h6-8,11H,3-5H2,1-2H3,(H,15,16)(H,17,18). The predicted octanol–water partition coefficient (Wildman–Crippen LogP) is 2.95. The lowest BCUT2D eigenvalue weighted by atomic mass is 10.0. The van der Waals surface area contributed by atoms with Gasteiger partial charge in [-0.1, -0.05) is 25.4 Å². The first-order valence-corrected chi connectivity index (χ1v) is 7.39. The van der Waals surface area contributed by atoms with Crippen LogP contribution in [0.15, 0.2) is 11.4 Å². The SMILES string of the molecule is CC(C)CC(NC(=O)CCc1cc(Cl)cs1)C(=O)O. The molecule has 4 nitrogen and oxygen atoms in total. The van der Waals surface area contributed by atoms with Crippen molar-refractivity contribution in [2.24, 2.45) is 5.92 Å². The van der Waals surface area contributed by atoms with E-state index in [1.165, 1.54) is 11.3 Å². The zero-order chi connectivity index (χ0) is 14.4. The maximum atomic E-state index is 11.7. The van der Waals surface area contributed by atoms with Crippen molar-refractivity contribution in [2.75, 3.05) is 0 Å². The molecule has 2 N–H and O–H groups in total. The highest BCUT2D eigenvalue weighted by Gasteiger charge is 2.20. The van der Waals surface area contributed by atoms with E-state index in [-0.39, 0.29) is 18.2 Å². The van der Waals surface area contributed by atoms with Gasteiger partial charge in [0.15, 0.2) is 0 Å². The van der Waals surface area contributed by atoms with E-state index in [1.807, 2.05) is 25.3 Å². The molecular formula is C13H18ClNO3S. The lowest BCUT2D eigenvalue weighted by molar-refractivity contribution is -0.142. The molecule has 6 heteroatoms. The summed E-state index contributed by atoms with van der Waals surface area (Å²) in [4.78, 5) is 23.8. The Morgan fingerprint density at radius 1 is 1.47 bits per heavy atom. The van der Waals surface area contributed by atoms with Gasteiger partial charge in [0.05, 0.1) is 5.02 Å². The van der Waals surface area contributed by atoms with Crippen LogP contribution in [0.3, 0.4) is 0 Å². The molecular weight excluding hydrogens is 286 g/mol. The molecule has 0 saturated carbocycles. The summed E-state index contributed by atoms with van der Waals surface area (Å²) < 4.78 is 0. The quantitative estimate of drug-likeness (QED) is 0.814. The smallest absolute Gasteiger partial charge is 0.326 e. The Morgan fingerprint density at radius 3 is 2.63 bits per heavy atom. The Hall–Kier alpha value is -1.07. The fraction of sp³-hybridized carbons (Fsp3) is 0.538. The van der Waals surface area contributed by atoms with Crippen molar-refractivity contribution in [1.82, 2.24) is 5.32 Å². The molecule has 0 bridgehead atoms. The van der Waals surface area contributed by atoms with Gasteiger partial charge in [0.1, 0.15) is 6.04 Å². The number of carboxylic acid groups (broad SMARTS) is 1. The molecule has 0 spiro atoms. The van der Waals surface area contributed by atoms with Crippen LogP contribution < -0.4 is 5.32 Å². The number of nitrogens with one attached hydrogen (secondary N) is 1. The van der Waals surface area contributed by atoms with Crippen molar-refractivity contribution >= 4 is 34.8 Å². The van der Waals surface area contributed by atoms with Gasteiger partial charge in [-0.2, -0.15) is 0 Å². The van der Waals surface area contributed by atoms with E-state index in [4.69, 9.17) is 16.7 Å². The Bertz CT molecular complexity index is 445. The lowest BCUT2D eigenvalue weighted by Gasteiger charge is -2.16. The molecule has 0 aromatic carbocycles. The second-order valence-corrected chi connectivity index (χ2v) is 6.25. The van der Waals surface area contributed by atoms with Gasteiger partial charge in [-0.25, -0.2) is 4.79 Å². The van der Waals surface area contributed by atoms with Gasteiger partial charge in [0, 0.05) is 16.7 Å². The summed E-state index contributed by atoms with van der Waals surface area (Å²) in [5.41, 5.74) is 0. The molecule has 1 aromatic rings. The Labute approximate surface area is 121 Å². The van der Waals surface area contributed by atoms with Crippen molar-refractivity contribution in [3.8, 4) is 0 Å². The molecule has 19 heavy (non-hydrogen) atoms. The van der Waals surface area contributed by atoms with E-state index in [2.05, 4.69) is 5.32 Å². The molecule has 1 unspecified atom stereocenters. The highest BCUT2D eigenvalue weighted by atomic mass is 35.5. The zero-order valence-corrected chi connectivity index (χ0v) is 12.6. The number of carboxylic acids is 1. The van der Waals surface area contributed by atoms with Crippen molar-refractivity contribution in [3.63, 3.8) is 0 Å². The lowest BCUT2D eigenvalue weighted by Crippen LogP contribution is -2.41. The number of halogens is 1. The molecule has 1 heterocycles. The largest absolute Gasteiger partial charge is 0.480 e. The van der Waals surface area contributed by atoms with E-state index in [9.17, 15) is 9.59 Å². The number of rotatable bonds is 7. The van der Waals surface area contributed by atoms with Crippen molar-refractivity contribution < 1.29 is 14.7 Å². The first kappa shape index (κ1) is 16.0. The van der Waals surface area contributed by atoms with Gasteiger partial charge in [-0.3, -0.25) is 4.79 Å². The van der Waals surface area contributed by atoms with E-state index >= 15 is 0 Å². The Morgan fingerprint density at radius 2 is 2.16 bits per heavy atom. The van der Waals surface area contributed by atoms with Crippen LogP contribution in [0, 0.1) is 5.92 Å². The number of thiophene rings is 1. The summed E-state index contributed by atoms with van der Waals surface area (Å²) in [7, 11) is 0. The average Bonchev–Trinajstić information content (AvgIpc) is 2.71. The van der Waals surface area contributed by atoms with Crippen molar-refractivity contribution in [2.45, 2.75) is 39.2 Å². The van der Waals surface area contributed by atoms with Crippen LogP contribution >= 0.6 is 22.9 Å².